The van der Waals surface area contributed by atoms with Crippen LogP contribution in [-0.4, -0.2) is 10.4 Å². The number of nitrogens with two attached hydrogens (primary N) is 1. The number of fused-ring (bicyclic) bond motifs is 2. The third kappa shape index (κ3) is 1.38. The summed E-state index contributed by atoms with van der Waals surface area (Å²) in [5.41, 5.74) is 5.59. The number of nitrogens with zero attached hydrogens (tertiary/aromatic N) is 1. The van der Waals surface area contributed by atoms with E-state index in [9.17, 15) is 0 Å². The van der Waals surface area contributed by atoms with Crippen molar-refractivity contribution >= 4 is 22.4 Å². The maximum atomic E-state index is 5.59. The smallest absolute Gasteiger partial charge is 0.139 e. The highest BCUT2D eigenvalue weighted by Gasteiger charge is 2.39. The van der Waals surface area contributed by atoms with Crippen molar-refractivity contribution in [3.05, 3.63) is 6.07 Å². The normalized spacial score (nSPS) is 35.0. The zero-order valence-electron chi connectivity index (χ0n) is 8.07. The Labute approximate surface area is 87.9 Å². The van der Waals surface area contributed by atoms with Crippen LogP contribution in [0.4, 0.5) is 10.8 Å². The molecule has 76 valence electrons. The lowest BCUT2D eigenvalue weighted by Gasteiger charge is -2.22. The fraction of sp³-hybridized carbons (Fsp3) is 0.700. The Hall–Kier alpha value is -0.770. The molecule has 0 aliphatic heterocycles. The van der Waals surface area contributed by atoms with E-state index in [-0.39, 0.29) is 0 Å². The predicted molar refractivity (Wildman–Crippen MR) is 59.4 cm³/mol. The maximum Gasteiger partial charge on any atom is 0.139 e. The Bertz CT molecular complexity index is 336. The molecule has 0 aromatic carbocycles. The SMILES string of the molecule is Nc1cc(NC2CC3CCC2C3)sn1. The topological polar surface area (TPSA) is 50.9 Å². The first-order valence-electron chi connectivity index (χ1n) is 5.30. The first kappa shape index (κ1) is 8.53. The Morgan fingerprint density at radius 1 is 1.43 bits per heavy atom. The number of rotatable bonds is 2. The van der Waals surface area contributed by atoms with Crippen molar-refractivity contribution in [3.8, 4) is 0 Å². The first-order valence-corrected chi connectivity index (χ1v) is 6.07. The molecule has 3 nitrogen and oxygen atoms in total. The van der Waals surface area contributed by atoms with Gasteiger partial charge in [0, 0.05) is 12.1 Å². The van der Waals surface area contributed by atoms with Crippen molar-refractivity contribution in [2.75, 3.05) is 11.1 Å². The molecule has 3 N–H and O–H groups in total. The van der Waals surface area contributed by atoms with Gasteiger partial charge >= 0.3 is 0 Å². The highest BCUT2D eigenvalue weighted by molar-refractivity contribution is 7.10. The minimum Gasteiger partial charge on any atom is -0.383 e. The summed E-state index contributed by atoms with van der Waals surface area (Å²) in [5.74, 6) is 2.53. The number of hydrogen-bond donors (Lipinski definition) is 2. The van der Waals surface area contributed by atoms with Gasteiger partial charge in [-0.15, -0.1) is 0 Å². The van der Waals surface area contributed by atoms with E-state index in [1.165, 1.54) is 37.2 Å². The quantitative estimate of drug-likeness (QED) is 0.786. The van der Waals surface area contributed by atoms with Gasteiger partial charge < -0.3 is 11.1 Å². The number of aromatic nitrogens is 1. The van der Waals surface area contributed by atoms with Gasteiger partial charge in [0.25, 0.3) is 0 Å². The van der Waals surface area contributed by atoms with E-state index in [1.54, 1.807) is 0 Å². The lowest BCUT2D eigenvalue weighted by molar-refractivity contribution is 0.440. The number of hydrogen-bond acceptors (Lipinski definition) is 4. The Morgan fingerprint density at radius 2 is 2.36 bits per heavy atom. The van der Waals surface area contributed by atoms with Crippen LogP contribution in [0.1, 0.15) is 25.7 Å². The van der Waals surface area contributed by atoms with Crippen LogP contribution < -0.4 is 11.1 Å². The largest absolute Gasteiger partial charge is 0.383 e. The summed E-state index contributed by atoms with van der Waals surface area (Å²) < 4.78 is 4.08. The van der Waals surface area contributed by atoms with Gasteiger partial charge in [0.2, 0.25) is 0 Å². The molecule has 2 saturated carbocycles. The number of nitrogens with one attached hydrogen (secondary N) is 1. The van der Waals surface area contributed by atoms with Gasteiger partial charge in [-0.3, -0.25) is 0 Å². The Balaban J connectivity index is 1.68. The van der Waals surface area contributed by atoms with E-state index < -0.39 is 0 Å². The van der Waals surface area contributed by atoms with Crippen molar-refractivity contribution < 1.29 is 0 Å². The summed E-state index contributed by atoms with van der Waals surface area (Å²) in [6, 6.07) is 2.63. The first-order chi connectivity index (χ1) is 6.81. The molecule has 2 bridgehead atoms. The van der Waals surface area contributed by atoms with Gasteiger partial charge in [0.05, 0.1) is 0 Å². The minimum atomic E-state index is 0.639. The molecule has 0 amide bonds. The van der Waals surface area contributed by atoms with Gasteiger partial charge in [0.15, 0.2) is 0 Å². The maximum absolute atomic E-state index is 5.59. The second-order valence-corrected chi connectivity index (χ2v) is 5.35. The predicted octanol–water partition coefficient (Wildman–Crippen LogP) is 2.33. The second-order valence-electron chi connectivity index (χ2n) is 4.54. The van der Waals surface area contributed by atoms with E-state index >= 15 is 0 Å². The second kappa shape index (κ2) is 3.12. The molecular weight excluding hydrogens is 194 g/mol. The molecule has 2 aliphatic rings. The van der Waals surface area contributed by atoms with Crippen molar-refractivity contribution in [1.82, 2.24) is 4.37 Å². The summed E-state index contributed by atoms with van der Waals surface area (Å²) in [5, 5.41) is 4.71. The van der Waals surface area contributed by atoms with Crippen LogP contribution in [0.3, 0.4) is 0 Å². The fourth-order valence-corrected chi connectivity index (χ4v) is 3.60. The van der Waals surface area contributed by atoms with Gasteiger partial charge in [-0.1, -0.05) is 6.42 Å². The summed E-state index contributed by atoms with van der Waals surface area (Å²) in [6.45, 7) is 0. The van der Waals surface area contributed by atoms with Gasteiger partial charge in [-0.2, -0.15) is 4.37 Å². The third-order valence-corrected chi connectivity index (χ3v) is 4.33. The van der Waals surface area contributed by atoms with Crippen LogP contribution in [0.5, 0.6) is 0 Å². The molecule has 1 aromatic heterocycles. The summed E-state index contributed by atoms with van der Waals surface area (Å²) >= 11 is 1.48. The average molecular weight is 209 g/mol. The minimum absolute atomic E-state index is 0.639. The van der Waals surface area contributed by atoms with Crippen molar-refractivity contribution in [2.24, 2.45) is 11.8 Å². The molecule has 2 fully saturated rings. The molecule has 1 aromatic rings. The molecule has 0 spiro atoms. The van der Waals surface area contributed by atoms with Crippen LogP contribution in [0.15, 0.2) is 6.07 Å². The van der Waals surface area contributed by atoms with Crippen LogP contribution in [0, 0.1) is 11.8 Å². The van der Waals surface area contributed by atoms with Gasteiger partial charge in [-0.25, -0.2) is 0 Å². The average Bonchev–Trinajstić information content (AvgIpc) is 2.82. The van der Waals surface area contributed by atoms with Crippen molar-refractivity contribution in [3.63, 3.8) is 0 Å². The highest BCUT2D eigenvalue weighted by Crippen LogP contribution is 2.45. The Morgan fingerprint density at radius 3 is 2.93 bits per heavy atom. The highest BCUT2D eigenvalue weighted by atomic mass is 32.1. The van der Waals surface area contributed by atoms with E-state index in [0.717, 1.165) is 16.8 Å². The number of nitrogen functional groups attached to an aromatic ring is 1. The zero-order chi connectivity index (χ0) is 9.54. The van der Waals surface area contributed by atoms with E-state index in [4.69, 9.17) is 5.73 Å². The Kier molecular flexibility index (Phi) is 1.90. The van der Waals surface area contributed by atoms with E-state index in [1.807, 2.05) is 6.07 Å². The molecule has 2 aliphatic carbocycles. The van der Waals surface area contributed by atoms with Gasteiger partial charge in [-0.05, 0) is 42.6 Å². The zero-order valence-corrected chi connectivity index (χ0v) is 8.89. The third-order valence-electron chi connectivity index (χ3n) is 3.59. The summed E-state index contributed by atoms with van der Waals surface area (Å²) in [7, 11) is 0. The summed E-state index contributed by atoms with van der Waals surface area (Å²) in [6.07, 6.45) is 5.65. The van der Waals surface area contributed by atoms with Crippen LogP contribution in [0.2, 0.25) is 0 Å². The lowest BCUT2D eigenvalue weighted by atomic mass is 9.95. The fourth-order valence-electron chi connectivity index (χ4n) is 2.96. The van der Waals surface area contributed by atoms with E-state index in [0.29, 0.717) is 11.9 Å². The molecule has 0 saturated heterocycles. The standard InChI is InChI=1S/C10H15N3S/c11-9-5-10(14-13-9)12-8-4-6-1-2-7(8)3-6/h5-8,12H,1-4H2,(H2,11,13). The molecule has 14 heavy (non-hydrogen) atoms. The molecule has 4 heteroatoms. The lowest BCUT2D eigenvalue weighted by Crippen LogP contribution is -2.25. The number of anilines is 2. The van der Waals surface area contributed by atoms with Crippen molar-refractivity contribution in [2.45, 2.75) is 31.7 Å². The molecular formula is C10H15N3S. The van der Waals surface area contributed by atoms with Crippen LogP contribution >= 0.6 is 11.5 Å². The summed E-state index contributed by atoms with van der Waals surface area (Å²) in [4.78, 5) is 0. The molecule has 0 radical (unpaired) electrons. The molecule has 3 unspecified atom stereocenters. The molecule has 1 heterocycles. The van der Waals surface area contributed by atoms with Crippen LogP contribution in [-0.2, 0) is 0 Å². The van der Waals surface area contributed by atoms with Crippen molar-refractivity contribution in [1.29, 1.82) is 0 Å². The van der Waals surface area contributed by atoms with E-state index in [2.05, 4.69) is 9.69 Å². The molecule has 3 rings (SSSR count). The van der Waals surface area contributed by atoms with Crippen LogP contribution in [0.25, 0.3) is 0 Å². The molecule has 3 atom stereocenters. The van der Waals surface area contributed by atoms with Gasteiger partial charge in [0.1, 0.15) is 10.8 Å². The monoisotopic (exact) mass is 209 g/mol.